The molecule has 2 nitrogen and oxygen atoms in total. The molecule has 0 N–H and O–H groups in total. The summed E-state index contributed by atoms with van der Waals surface area (Å²) in [4.78, 5) is 8.63. The van der Waals surface area contributed by atoms with Crippen LogP contribution in [0.1, 0.15) is 44.7 Å². The van der Waals surface area contributed by atoms with Crippen molar-refractivity contribution in [2.45, 2.75) is 49.1 Å². The molecular weight excluding hydrogens is 300 g/mol. The predicted octanol–water partition coefficient (Wildman–Crippen LogP) is 5.42. The summed E-state index contributed by atoms with van der Waals surface area (Å²) in [6.45, 7) is 7.02. The lowest BCUT2D eigenvalue weighted by atomic mass is 9.95. The SMILES string of the molecule is CC(C)CN1CCCCC1c1cccnc1Sc1ccccc1. The number of benzene rings is 1. The molecule has 1 aliphatic heterocycles. The summed E-state index contributed by atoms with van der Waals surface area (Å²) in [5, 5.41) is 1.17. The summed E-state index contributed by atoms with van der Waals surface area (Å²) in [6, 6.07) is 15.5. The van der Waals surface area contributed by atoms with Gasteiger partial charge in [0.1, 0.15) is 5.03 Å². The van der Waals surface area contributed by atoms with Crippen LogP contribution in [-0.4, -0.2) is 23.0 Å². The Kier molecular flexibility index (Phi) is 5.74. The van der Waals surface area contributed by atoms with Gasteiger partial charge in [-0.05, 0) is 43.5 Å². The highest BCUT2D eigenvalue weighted by molar-refractivity contribution is 7.99. The fourth-order valence-electron chi connectivity index (χ4n) is 3.37. The van der Waals surface area contributed by atoms with Crippen LogP contribution in [0.15, 0.2) is 58.6 Å². The van der Waals surface area contributed by atoms with E-state index in [0.29, 0.717) is 12.0 Å². The third kappa shape index (κ3) is 4.36. The zero-order chi connectivity index (χ0) is 16.1. The lowest BCUT2D eigenvalue weighted by Gasteiger charge is -2.37. The Morgan fingerprint density at radius 3 is 2.74 bits per heavy atom. The van der Waals surface area contributed by atoms with E-state index >= 15 is 0 Å². The standard InChI is InChI=1S/C20H26N2S/c1-16(2)15-22-14-7-6-12-19(22)18-11-8-13-21-20(18)23-17-9-4-3-5-10-17/h3-5,8-11,13,16,19H,6-7,12,14-15H2,1-2H3. The second kappa shape index (κ2) is 7.98. The minimum absolute atomic E-state index is 0.520. The van der Waals surface area contributed by atoms with Gasteiger partial charge in [-0.3, -0.25) is 4.90 Å². The summed E-state index contributed by atoms with van der Waals surface area (Å²) in [5.74, 6) is 0.706. The van der Waals surface area contributed by atoms with E-state index in [1.807, 2.05) is 6.20 Å². The molecule has 1 aliphatic rings. The predicted molar refractivity (Wildman–Crippen MR) is 97.8 cm³/mol. The Hall–Kier alpha value is -1.32. The number of hydrogen-bond donors (Lipinski definition) is 0. The maximum absolute atomic E-state index is 4.70. The van der Waals surface area contributed by atoms with Crippen molar-refractivity contribution in [3.05, 3.63) is 54.2 Å². The van der Waals surface area contributed by atoms with E-state index in [9.17, 15) is 0 Å². The van der Waals surface area contributed by atoms with Crippen LogP contribution in [0.5, 0.6) is 0 Å². The van der Waals surface area contributed by atoms with Crippen molar-refractivity contribution in [1.82, 2.24) is 9.88 Å². The molecule has 1 aromatic heterocycles. The smallest absolute Gasteiger partial charge is 0.105 e. The second-order valence-corrected chi connectivity index (χ2v) is 7.78. The van der Waals surface area contributed by atoms with Gasteiger partial charge in [0.15, 0.2) is 0 Å². The zero-order valence-electron chi connectivity index (χ0n) is 14.1. The summed E-state index contributed by atoms with van der Waals surface area (Å²) in [5.41, 5.74) is 1.40. The Balaban J connectivity index is 1.86. The minimum atomic E-state index is 0.520. The van der Waals surface area contributed by atoms with Crippen molar-refractivity contribution >= 4 is 11.8 Å². The molecule has 0 spiro atoms. The third-order valence-electron chi connectivity index (χ3n) is 4.33. The molecule has 1 atom stereocenters. The average molecular weight is 327 g/mol. The van der Waals surface area contributed by atoms with Gasteiger partial charge >= 0.3 is 0 Å². The molecule has 1 unspecified atom stereocenters. The van der Waals surface area contributed by atoms with Crippen LogP contribution in [0.4, 0.5) is 0 Å². The minimum Gasteiger partial charge on any atom is -0.296 e. The lowest BCUT2D eigenvalue weighted by molar-refractivity contribution is 0.130. The normalized spacial score (nSPS) is 19.2. The number of piperidine rings is 1. The molecular formula is C20H26N2S. The molecule has 3 heteroatoms. The first-order valence-corrected chi connectivity index (χ1v) is 9.47. The number of likely N-dealkylation sites (tertiary alicyclic amines) is 1. The molecule has 1 fully saturated rings. The second-order valence-electron chi connectivity index (χ2n) is 6.71. The van der Waals surface area contributed by atoms with Gasteiger partial charge in [-0.15, -0.1) is 0 Å². The summed E-state index contributed by atoms with van der Waals surface area (Å²) < 4.78 is 0. The maximum atomic E-state index is 4.70. The Morgan fingerprint density at radius 1 is 1.13 bits per heavy atom. The van der Waals surface area contributed by atoms with Crippen molar-refractivity contribution in [1.29, 1.82) is 0 Å². The molecule has 3 rings (SSSR count). The molecule has 0 aliphatic carbocycles. The number of rotatable bonds is 5. The first-order valence-electron chi connectivity index (χ1n) is 8.66. The highest BCUT2D eigenvalue weighted by atomic mass is 32.2. The van der Waals surface area contributed by atoms with Gasteiger partial charge < -0.3 is 0 Å². The molecule has 0 amide bonds. The molecule has 122 valence electrons. The average Bonchev–Trinajstić information content (AvgIpc) is 2.56. The van der Waals surface area contributed by atoms with Crippen molar-refractivity contribution in [2.24, 2.45) is 5.92 Å². The Morgan fingerprint density at radius 2 is 1.96 bits per heavy atom. The Bertz CT molecular complexity index is 612. The van der Waals surface area contributed by atoms with Crippen LogP contribution in [-0.2, 0) is 0 Å². The van der Waals surface area contributed by atoms with Crippen molar-refractivity contribution in [3.8, 4) is 0 Å². The first kappa shape index (κ1) is 16.5. The van der Waals surface area contributed by atoms with Crippen molar-refractivity contribution in [2.75, 3.05) is 13.1 Å². The number of pyridine rings is 1. The summed E-state index contributed by atoms with van der Waals surface area (Å²) in [6.07, 6.45) is 5.82. The van der Waals surface area contributed by atoms with E-state index in [4.69, 9.17) is 4.98 Å². The maximum Gasteiger partial charge on any atom is 0.105 e. The van der Waals surface area contributed by atoms with Gasteiger partial charge in [0, 0.05) is 29.2 Å². The van der Waals surface area contributed by atoms with Crippen LogP contribution in [0.25, 0.3) is 0 Å². The third-order valence-corrected chi connectivity index (χ3v) is 5.37. The van der Waals surface area contributed by atoms with Crippen LogP contribution in [0, 0.1) is 5.92 Å². The summed E-state index contributed by atoms with van der Waals surface area (Å²) in [7, 11) is 0. The lowest BCUT2D eigenvalue weighted by Crippen LogP contribution is -2.36. The van der Waals surface area contributed by atoms with Gasteiger partial charge in [-0.25, -0.2) is 4.98 Å². The summed E-state index contributed by atoms with van der Waals surface area (Å²) >= 11 is 1.79. The van der Waals surface area contributed by atoms with Gasteiger partial charge in [0.05, 0.1) is 0 Å². The largest absolute Gasteiger partial charge is 0.296 e. The van der Waals surface area contributed by atoms with E-state index < -0.39 is 0 Å². The van der Waals surface area contributed by atoms with E-state index in [2.05, 4.69) is 61.2 Å². The first-order chi connectivity index (χ1) is 11.2. The van der Waals surface area contributed by atoms with Crippen LogP contribution in [0.2, 0.25) is 0 Å². The highest BCUT2D eigenvalue weighted by Gasteiger charge is 2.26. The molecule has 0 bridgehead atoms. The number of aromatic nitrogens is 1. The number of hydrogen-bond acceptors (Lipinski definition) is 3. The fraction of sp³-hybridized carbons (Fsp3) is 0.450. The van der Waals surface area contributed by atoms with Gasteiger partial charge in [0.25, 0.3) is 0 Å². The molecule has 1 saturated heterocycles. The van der Waals surface area contributed by atoms with Gasteiger partial charge in [0.2, 0.25) is 0 Å². The highest BCUT2D eigenvalue weighted by Crippen LogP contribution is 2.38. The zero-order valence-corrected chi connectivity index (χ0v) is 14.9. The van der Waals surface area contributed by atoms with Crippen LogP contribution >= 0.6 is 11.8 Å². The van der Waals surface area contributed by atoms with Crippen LogP contribution < -0.4 is 0 Å². The molecule has 23 heavy (non-hydrogen) atoms. The molecule has 0 saturated carbocycles. The fourth-order valence-corrected chi connectivity index (χ4v) is 4.33. The quantitative estimate of drug-likeness (QED) is 0.730. The molecule has 2 aromatic rings. The van der Waals surface area contributed by atoms with Gasteiger partial charge in [-0.2, -0.15) is 0 Å². The molecule has 1 aromatic carbocycles. The monoisotopic (exact) mass is 326 g/mol. The Labute approximate surface area is 144 Å². The van der Waals surface area contributed by atoms with Gasteiger partial charge in [-0.1, -0.05) is 56.3 Å². The molecule has 2 heterocycles. The van der Waals surface area contributed by atoms with Crippen molar-refractivity contribution in [3.63, 3.8) is 0 Å². The van der Waals surface area contributed by atoms with E-state index in [1.165, 1.54) is 47.8 Å². The van der Waals surface area contributed by atoms with E-state index in [1.54, 1.807) is 11.8 Å². The van der Waals surface area contributed by atoms with Crippen molar-refractivity contribution < 1.29 is 0 Å². The molecule has 0 radical (unpaired) electrons. The van der Waals surface area contributed by atoms with E-state index in [0.717, 1.165) is 0 Å². The number of nitrogens with zero attached hydrogens (tertiary/aromatic N) is 2. The van der Waals surface area contributed by atoms with E-state index in [-0.39, 0.29) is 0 Å². The van der Waals surface area contributed by atoms with Crippen LogP contribution in [0.3, 0.4) is 0 Å². The topological polar surface area (TPSA) is 16.1 Å².